The maximum absolute atomic E-state index is 12.4. The van der Waals surface area contributed by atoms with Crippen LogP contribution < -0.4 is 5.73 Å². The molecule has 1 fully saturated rings. The largest absolute Gasteiger partial charge is 0.399 e. The molecule has 1 saturated heterocycles. The fourth-order valence-electron chi connectivity index (χ4n) is 3.28. The predicted molar refractivity (Wildman–Crippen MR) is 106 cm³/mol. The van der Waals surface area contributed by atoms with E-state index in [9.17, 15) is 8.42 Å². The Morgan fingerprint density at radius 2 is 1.46 bits per heavy atom. The summed E-state index contributed by atoms with van der Waals surface area (Å²) in [5, 5.41) is 0. The Hall–Kier alpha value is -1.89. The highest BCUT2D eigenvalue weighted by Crippen LogP contribution is 2.15. The second kappa shape index (κ2) is 8.66. The molecule has 1 aliphatic heterocycles. The van der Waals surface area contributed by atoms with E-state index in [0.717, 1.165) is 39.3 Å². The lowest BCUT2D eigenvalue weighted by Gasteiger charge is -2.34. The molecule has 2 aromatic carbocycles. The number of anilines is 1. The number of hydrogen-bond acceptors (Lipinski definition) is 5. The SMILES string of the molecule is Nc1ccc(S(=O)(=O)CCCN2CCN(Cc3ccccc3)CC2)cc1. The van der Waals surface area contributed by atoms with Crippen LogP contribution in [0.3, 0.4) is 0 Å². The summed E-state index contributed by atoms with van der Waals surface area (Å²) in [5.41, 5.74) is 7.55. The summed E-state index contributed by atoms with van der Waals surface area (Å²) in [6.07, 6.45) is 0.658. The molecule has 0 aromatic heterocycles. The molecule has 0 aliphatic carbocycles. The first kappa shape index (κ1) is 18.9. The average molecular weight is 374 g/mol. The number of rotatable bonds is 7. The molecule has 6 heteroatoms. The molecule has 26 heavy (non-hydrogen) atoms. The normalized spacial score (nSPS) is 16.6. The molecule has 2 aromatic rings. The Labute approximate surface area is 156 Å². The molecular weight excluding hydrogens is 346 g/mol. The minimum absolute atomic E-state index is 0.182. The van der Waals surface area contributed by atoms with Gasteiger partial charge in [-0.2, -0.15) is 0 Å². The van der Waals surface area contributed by atoms with Gasteiger partial charge in [0.2, 0.25) is 0 Å². The van der Waals surface area contributed by atoms with Gasteiger partial charge in [0, 0.05) is 38.4 Å². The monoisotopic (exact) mass is 373 g/mol. The summed E-state index contributed by atoms with van der Waals surface area (Å²) in [6.45, 7) is 5.86. The second-order valence-corrected chi connectivity index (χ2v) is 8.95. The van der Waals surface area contributed by atoms with Crippen LogP contribution in [0.1, 0.15) is 12.0 Å². The molecule has 2 N–H and O–H groups in total. The van der Waals surface area contributed by atoms with Crippen molar-refractivity contribution in [1.82, 2.24) is 9.80 Å². The van der Waals surface area contributed by atoms with Crippen LogP contribution in [0.5, 0.6) is 0 Å². The van der Waals surface area contributed by atoms with Crippen molar-refractivity contribution in [1.29, 1.82) is 0 Å². The van der Waals surface area contributed by atoms with Gasteiger partial charge in [0.05, 0.1) is 10.6 Å². The number of sulfone groups is 1. The topological polar surface area (TPSA) is 66.6 Å². The molecule has 0 radical (unpaired) electrons. The number of hydrogen-bond donors (Lipinski definition) is 1. The van der Waals surface area contributed by atoms with Gasteiger partial charge in [0.1, 0.15) is 0 Å². The number of benzene rings is 2. The predicted octanol–water partition coefficient (Wildman–Crippen LogP) is 2.25. The van der Waals surface area contributed by atoms with Gasteiger partial charge in [-0.1, -0.05) is 30.3 Å². The van der Waals surface area contributed by atoms with Crippen LogP contribution in [0.4, 0.5) is 5.69 Å². The molecule has 3 rings (SSSR count). The van der Waals surface area contributed by atoms with Crippen molar-refractivity contribution >= 4 is 15.5 Å². The minimum atomic E-state index is -3.22. The molecular formula is C20H27N3O2S. The van der Waals surface area contributed by atoms with E-state index in [0.29, 0.717) is 17.0 Å². The Kier molecular flexibility index (Phi) is 6.29. The van der Waals surface area contributed by atoms with Crippen LogP contribution in [-0.2, 0) is 16.4 Å². The molecule has 0 amide bonds. The van der Waals surface area contributed by atoms with Crippen molar-refractivity contribution in [2.24, 2.45) is 0 Å². The summed E-state index contributed by atoms with van der Waals surface area (Å²) in [4.78, 5) is 5.18. The fourth-order valence-corrected chi connectivity index (χ4v) is 4.58. The van der Waals surface area contributed by atoms with E-state index in [4.69, 9.17) is 5.73 Å². The Balaban J connectivity index is 1.40. The second-order valence-electron chi connectivity index (χ2n) is 6.84. The zero-order valence-electron chi connectivity index (χ0n) is 15.0. The lowest BCUT2D eigenvalue weighted by atomic mass is 10.2. The molecule has 0 bridgehead atoms. The highest BCUT2D eigenvalue weighted by atomic mass is 32.2. The van der Waals surface area contributed by atoms with Gasteiger partial charge in [-0.3, -0.25) is 4.90 Å². The summed E-state index contributed by atoms with van der Waals surface area (Å²) < 4.78 is 24.7. The van der Waals surface area contributed by atoms with Gasteiger partial charge in [-0.05, 0) is 42.8 Å². The molecule has 0 unspecified atom stereocenters. The van der Waals surface area contributed by atoms with E-state index in [2.05, 4.69) is 34.1 Å². The molecule has 140 valence electrons. The Bertz CT molecular complexity index is 784. The van der Waals surface area contributed by atoms with E-state index < -0.39 is 9.84 Å². The summed E-state index contributed by atoms with van der Waals surface area (Å²) in [5.74, 6) is 0.182. The van der Waals surface area contributed by atoms with Gasteiger partial charge in [-0.25, -0.2) is 8.42 Å². The minimum Gasteiger partial charge on any atom is -0.399 e. The molecule has 1 heterocycles. The number of piperazine rings is 1. The van der Waals surface area contributed by atoms with Gasteiger partial charge in [0.25, 0.3) is 0 Å². The molecule has 0 saturated carbocycles. The Morgan fingerprint density at radius 3 is 2.12 bits per heavy atom. The quantitative estimate of drug-likeness (QED) is 0.754. The summed E-state index contributed by atoms with van der Waals surface area (Å²) >= 11 is 0. The summed E-state index contributed by atoms with van der Waals surface area (Å²) in [7, 11) is -3.22. The molecule has 1 aliphatic rings. The smallest absolute Gasteiger partial charge is 0.178 e. The molecule has 5 nitrogen and oxygen atoms in total. The highest BCUT2D eigenvalue weighted by Gasteiger charge is 2.18. The first-order valence-corrected chi connectivity index (χ1v) is 10.8. The first-order chi connectivity index (χ1) is 12.5. The number of nitrogens with zero attached hydrogens (tertiary/aromatic N) is 2. The van der Waals surface area contributed by atoms with Crippen molar-refractivity contribution in [2.45, 2.75) is 17.9 Å². The van der Waals surface area contributed by atoms with Gasteiger partial charge < -0.3 is 10.6 Å². The maximum Gasteiger partial charge on any atom is 0.178 e. The standard InChI is InChI=1S/C20H27N3O2S/c21-19-7-9-20(10-8-19)26(24,25)16-4-11-22-12-14-23(15-13-22)17-18-5-2-1-3-6-18/h1-3,5-10H,4,11-17,21H2. The van der Waals surface area contributed by atoms with E-state index in [1.165, 1.54) is 5.56 Å². The van der Waals surface area contributed by atoms with Crippen LogP contribution in [0.25, 0.3) is 0 Å². The van der Waals surface area contributed by atoms with E-state index in [1.807, 2.05) is 6.07 Å². The van der Waals surface area contributed by atoms with Crippen LogP contribution in [0.15, 0.2) is 59.5 Å². The fraction of sp³-hybridized carbons (Fsp3) is 0.400. The van der Waals surface area contributed by atoms with Crippen LogP contribution in [0, 0.1) is 0 Å². The number of nitrogens with two attached hydrogens (primary N) is 1. The summed E-state index contributed by atoms with van der Waals surface area (Å²) in [6, 6.07) is 17.0. The van der Waals surface area contributed by atoms with Gasteiger partial charge >= 0.3 is 0 Å². The lowest BCUT2D eigenvalue weighted by Crippen LogP contribution is -2.46. The first-order valence-electron chi connectivity index (χ1n) is 9.10. The number of nitrogen functional groups attached to an aromatic ring is 1. The van der Waals surface area contributed by atoms with Crippen molar-refractivity contribution in [3.05, 3.63) is 60.2 Å². The van der Waals surface area contributed by atoms with Crippen LogP contribution >= 0.6 is 0 Å². The van der Waals surface area contributed by atoms with E-state index in [1.54, 1.807) is 24.3 Å². The lowest BCUT2D eigenvalue weighted by molar-refractivity contribution is 0.127. The highest BCUT2D eigenvalue weighted by molar-refractivity contribution is 7.91. The third kappa shape index (κ3) is 5.30. The third-order valence-electron chi connectivity index (χ3n) is 4.84. The zero-order valence-corrected chi connectivity index (χ0v) is 15.9. The zero-order chi connectivity index (χ0) is 18.4. The van der Waals surface area contributed by atoms with E-state index >= 15 is 0 Å². The van der Waals surface area contributed by atoms with Crippen molar-refractivity contribution < 1.29 is 8.42 Å². The molecule has 0 atom stereocenters. The van der Waals surface area contributed by atoms with Crippen molar-refractivity contribution in [2.75, 3.05) is 44.2 Å². The third-order valence-corrected chi connectivity index (χ3v) is 6.66. The van der Waals surface area contributed by atoms with Gasteiger partial charge in [-0.15, -0.1) is 0 Å². The van der Waals surface area contributed by atoms with Crippen LogP contribution in [-0.4, -0.2) is 56.7 Å². The molecule has 0 spiro atoms. The van der Waals surface area contributed by atoms with Gasteiger partial charge in [0.15, 0.2) is 9.84 Å². The average Bonchev–Trinajstić information content (AvgIpc) is 2.64. The Morgan fingerprint density at radius 1 is 0.846 bits per heavy atom. The van der Waals surface area contributed by atoms with E-state index in [-0.39, 0.29) is 5.75 Å². The van der Waals surface area contributed by atoms with Crippen molar-refractivity contribution in [3.8, 4) is 0 Å². The van der Waals surface area contributed by atoms with Crippen LogP contribution in [0.2, 0.25) is 0 Å². The maximum atomic E-state index is 12.4. The van der Waals surface area contributed by atoms with Crippen molar-refractivity contribution in [3.63, 3.8) is 0 Å².